The molecule has 6 heteroatoms. The Hall–Kier alpha value is -2.63. The summed E-state index contributed by atoms with van der Waals surface area (Å²) in [6, 6.07) is 9.28. The van der Waals surface area contributed by atoms with Gasteiger partial charge in [0.15, 0.2) is 0 Å². The Morgan fingerprint density at radius 3 is 2.78 bits per heavy atom. The number of carbonyl (C=O) groups excluding carboxylic acids is 2. The van der Waals surface area contributed by atoms with Gasteiger partial charge in [-0.05, 0) is 25.5 Å². The first-order valence-electron chi connectivity index (χ1n) is 7.82. The average Bonchev–Trinajstić information content (AvgIpc) is 2.96. The van der Waals surface area contributed by atoms with Crippen LogP contribution in [-0.4, -0.2) is 45.6 Å². The van der Waals surface area contributed by atoms with Crippen LogP contribution in [0.5, 0.6) is 0 Å². The summed E-state index contributed by atoms with van der Waals surface area (Å²) in [5, 5.41) is 7.15. The van der Waals surface area contributed by atoms with E-state index in [9.17, 15) is 9.59 Å². The van der Waals surface area contributed by atoms with Crippen molar-refractivity contribution in [2.45, 2.75) is 26.3 Å². The molecule has 3 rings (SSSR count). The number of hydrogen-bond donors (Lipinski definition) is 1. The van der Waals surface area contributed by atoms with E-state index in [0.717, 1.165) is 11.4 Å². The molecular weight excluding hydrogens is 292 g/mol. The lowest BCUT2D eigenvalue weighted by Crippen LogP contribution is -2.56. The van der Waals surface area contributed by atoms with Gasteiger partial charge in [-0.25, -0.2) is 4.68 Å². The number of hydrogen-bond acceptors (Lipinski definition) is 3. The van der Waals surface area contributed by atoms with Crippen LogP contribution in [0.1, 0.15) is 29.4 Å². The number of para-hydroxylation sites is 1. The van der Waals surface area contributed by atoms with Gasteiger partial charge in [-0.15, -0.1) is 0 Å². The SMILES string of the molecule is CCC1C(=O)NCCN1C(=O)c1cnn(-c2ccccc2)c1C. The number of nitrogens with one attached hydrogen (secondary N) is 1. The first kappa shape index (κ1) is 15.3. The number of nitrogens with zero attached hydrogens (tertiary/aromatic N) is 3. The van der Waals surface area contributed by atoms with Gasteiger partial charge in [0.1, 0.15) is 6.04 Å². The van der Waals surface area contributed by atoms with E-state index < -0.39 is 6.04 Å². The molecule has 120 valence electrons. The molecule has 0 saturated carbocycles. The van der Waals surface area contributed by atoms with E-state index in [4.69, 9.17) is 0 Å². The van der Waals surface area contributed by atoms with Crippen LogP contribution in [0.2, 0.25) is 0 Å². The second-order valence-corrected chi connectivity index (χ2v) is 5.60. The van der Waals surface area contributed by atoms with Gasteiger partial charge in [-0.1, -0.05) is 25.1 Å². The van der Waals surface area contributed by atoms with Crippen LogP contribution in [0, 0.1) is 6.92 Å². The van der Waals surface area contributed by atoms with Gasteiger partial charge in [-0.2, -0.15) is 5.10 Å². The van der Waals surface area contributed by atoms with Crippen LogP contribution in [0.15, 0.2) is 36.5 Å². The van der Waals surface area contributed by atoms with Crippen molar-refractivity contribution in [3.63, 3.8) is 0 Å². The summed E-state index contributed by atoms with van der Waals surface area (Å²) in [7, 11) is 0. The molecular formula is C17H20N4O2. The highest BCUT2D eigenvalue weighted by molar-refractivity contribution is 5.98. The molecule has 0 radical (unpaired) electrons. The Morgan fingerprint density at radius 1 is 1.35 bits per heavy atom. The quantitative estimate of drug-likeness (QED) is 0.934. The van der Waals surface area contributed by atoms with E-state index in [-0.39, 0.29) is 11.8 Å². The van der Waals surface area contributed by atoms with Gasteiger partial charge in [0.05, 0.1) is 23.1 Å². The van der Waals surface area contributed by atoms with Crippen molar-refractivity contribution < 1.29 is 9.59 Å². The highest BCUT2D eigenvalue weighted by Crippen LogP contribution is 2.18. The van der Waals surface area contributed by atoms with Gasteiger partial charge in [-0.3, -0.25) is 9.59 Å². The lowest BCUT2D eigenvalue weighted by atomic mass is 10.1. The Labute approximate surface area is 135 Å². The summed E-state index contributed by atoms with van der Waals surface area (Å²) in [4.78, 5) is 26.5. The number of rotatable bonds is 3. The van der Waals surface area contributed by atoms with Crippen molar-refractivity contribution in [3.05, 3.63) is 47.8 Å². The average molecular weight is 312 g/mol. The lowest BCUT2D eigenvalue weighted by molar-refractivity contribution is -0.127. The second kappa shape index (κ2) is 6.24. The molecule has 1 unspecified atom stereocenters. The van der Waals surface area contributed by atoms with Gasteiger partial charge < -0.3 is 10.2 Å². The van der Waals surface area contributed by atoms with Crippen LogP contribution in [0.3, 0.4) is 0 Å². The van der Waals surface area contributed by atoms with Crippen LogP contribution < -0.4 is 5.32 Å². The molecule has 1 aromatic carbocycles. The summed E-state index contributed by atoms with van der Waals surface area (Å²) < 4.78 is 1.75. The first-order valence-corrected chi connectivity index (χ1v) is 7.82. The van der Waals surface area contributed by atoms with E-state index in [1.807, 2.05) is 44.2 Å². The van der Waals surface area contributed by atoms with E-state index in [2.05, 4.69) is 10.4 Å². The number of benzene rings is 1. The van der Waals surface area contributed by atoms with Crippen molar-refractivity contribution in [1.29, 1.82) is 0 Å². The standard InChI is InChI=1S/C17H20N4O2/c1-3-15-16(22)18-9-10-20(15)17(23)14-11-19-21(12(14)2)13-7-5-4-6-8-13/h4-8,11,15H,3,9-10H2,1-2H3,(H,18,22). The fourth-order valence-electron chi connectivity index (χ4n) is 2.97. The third-order valence-corrected chi connectivity index (χ3v) is 4.22. The van der Waals surface area contributed by atoms with Crippen LogP contribution in [0.4, 0.5) is 0 Å². The van der Waals surface area contributed by atoms with E-state index in [1.54, 1.807) is 15.8 Å². The highest BCUT2D eigenvalue weighted by Gasteiger charge is 2.33. The first-order chi connectivity index (χ1) is 11.1. The molecule has 0 aliphatic carbocycles. The second-order valence-electron chi connectivity index (χ2n) is 5.60. The molecule has 0 spiro atoms. The number of aromatic nitrogens is 2. The number of amides is 2. The largest absolute Gasteiger partial charge is 0.353 e. The van der Waals surface area contributed by atoms with Gasteiger partial charge in [0, 0.05) is 13.1 Å². The van der Waals surface area contributed by atoms with Crippen molar-refractivity contribution in [2.75, 3.05) is 13.1 Å². The van der Waals surface area contributed by atoms with Crippen molar-refractivity contribution in [3.8, 4) is 5.69 Å². The molecule has 1 aliphatic heterocycles. The summed E-state index contributed by atoms with van der Waals surface area (Å²) in [5.74, 6) is -0.216. The minimum Gasteiger partial charge on any atom is -0.353 e. The summed E-state index contributed by atoms with van der Waals surface area (Å²) >= 11 is 0. The Morgan fingerprint density at radius 2 is 2.09 bits per heavy atom. The Balaban J connectivity index is 1.91. The Kier molecular flexibility index (Phi) is 4.14. The molecule has 6 nitrogen and oxygen atoms in total. The Bertz CT molecular complexity index is 723. The number of piperazine rings is 1. The van der Waals surface area contributed by atoms with Crippen LogP contribution in [0.25, 0.3) is 5.69 Å². The summed E-state index contributed by atoms with van der Waals surface area (Å²) in [6.45, 7) is 4.81. The molecule has 2 heterocycles. The van der Waals surface area contributed by atoms with E-state index in [0.29, 0.717) is 25.1 Å². The smallest absolute Gasteiger partial charge is 0.258 e. The van der Waals surface area contributed by atoms with Gasteiger partial charge >= 0.3 is 0 Å². The summed E-state index contributed by atoms with van der Waals surface area (Å²) in [5.41, 5.74) is 2.23. The molecule has 23 heavy (non-hydrogen) atoms. The zero-order valence-corrected chi connectivity index (χ0v) is 13.3. The molecule has 2 aromatic rings. The maximum Gasteiger partial charge on any atom is 0.258 e. The molecule has 1 aliphatic rings. The fourth-order valence-corrected chi connectivity index (χ4v) is 2.97. The predicted octanol–water partition coefficient (Wildman–Crippen LogP) is 1.53. The van der Waals surface area contributed by atoms with Gasteiger partial charge in [0.2, 0.25) is 5.91 Å². The molecule has 0 bridgehead atoms. The minimum atomic E-state index is -0.407. The molecule has 1 N–H and O–H groups in total. The monoisotopic (exact) mass is 312 g/mol. The predicted molar refractivity (Wildman–Crippen MR) is 86.4 cm³/mol. The third-order valence-electron chi connectivity index (χ3n) is 4.22. The highest BCUT2D eigenvalue weighted by atomic mass is 16.2. The molecule has 1 fully saturated rings. The normalized spacial score (nSPS) is 17.9. The lowest BCUT2D eigenvalue weighted by Gasteiger charge is -2.34. The maximum atomic E-state index is 12.9. The third kappa shape index (κ3) is 2.72. The molecule has 1 saturated heterocycles. The summed E-state index contributed by atoms with van der Waals surface area (Å²) in [6.07, 6.45) is 2.19. The van der Waals surface area contributed by atoms with Crippen LogP contribution in [-0.2, 0) is 4.79 Å². The number of carbonyl (C=O) groups is 2. The van der Waals surface area contributed by atoms with Crippen molar-refractivity contribution in [2.24, 2.45) is 0 Å². The minimum absolute atomic E-state index is 0.0831. The van der Waals surface area contributed by atoms with Crippen molar-refractivity contribution in [1.82, 2.24) is 20.0 Å². The topological polar surface area (TPSA) is 67.2 Å². The molecule has 2 amide bonds. The van der Waals surface area contributed by atoms with Crippen molar-refractivity contribution >= 4 is 11.8 Å². The van der Waals surface area contributed by atoms with Gasteiger partial charge in [0.25, 0.3) is 5.91 Å². The molecule has 1 aromatic heterocycles. The molecule has 1 atom stereocenters. The fraction of sp³-hybridized carbons (Fsp3) is 0.353. The van der Waals surface area contributed by atoms with Crippen LogP contribution >= 0.6 is 0 Å². The maximum absolute atomic E-state index is 12.9. The van der Waals surface area contributed by atoms with E-state index >= 15 is 0 Å². The zero-order valence-electron chi connectivity index (χ0n) is 13.3. The zero-order chi connectivity index (χ0) is 16.4. The van der Waals surface area contributed by atoms with E-state index in [1.165, 1.54) is 0 Å².